The van der Waals surface area contributed by atoms with Crippen molar-refractivity contribution in [3.05, 3.63) is 64.7 Å². The molecule has 4 aliphatic heterocycles. The first-order valence-corrected chi connectivity index (χ1v) is 18.8. The van der Waals surface area contributed by atoms with Crippen molar-refractivity contribution in [1.82, 2.24) is 29.8 Å². The molecule has 11 heteroatoms. The van der Waals surface area contributed by atoms with Crippen molar-refractivity contribution in [1.29, 1.82) is 5.26 Å². The van der Waals surface area contributed by atoms with Gasteiger partial charge in [0.05, 0.1) is 0 Å². The highest BCUT2D eigenvalue weighted by atomic mass is 16.2. The molecule has 4 heterocycles. The molecule has 2 aromatic carbocycles. The molecule has 0 unspecified atom stereocenters. The highest BCUT2D eigenvalue weighted by Gasteiger charge is 2.34. The number of carbonyl (C=O) groups is 2. The second-order valence-corrected chi connectivity index (χ2v) is 14.4. The Balaban J connectivity index is 1.16. The van der Waals surface area contributed by atoms with Crippen LogP contribution < -0.4 is 10.6 Å². The maximum Gasteiger partial charge on any atom is 0.322 e. The summed E-state index contributed by atoms with van der Waals surface area (Å²) >= 11 is 0. The van der Waals surface area contributed by atoms with Crippen LogP contribution in [0.2, 0.25) is 0 Å². The van der Waals surface area contributed by atoms with E-state index in [0.717, 1.165) is 101 Å². The monoisotopic (exact) mass is 681 g/mol. The average Bonchev–Trinajstić information content (AvgIpc) is 3.32. The Labute approximate surface area is 298 Å². The van der Waals surface area contributed by atoms with Gasteiger partial charge in [-0.05, 0) is 80.3 Å². The summed E-state index contributed by atoms with van der Waals surface area (Å²) in [5.74, 6) is 0.484. The summed E-state index contributed by atoms with van der Waals surface area (Å²) in [7, 11) is 2.18. The third kappa shape index (κ3) is 8.41. The minimum absolute atomic E-state index is 0.0346. The van der Waals surface area contributed by atoms with Crippen LogP contribution in [-0.4, -0.2) is 126 Å². The molecule has 6 rings (SSSR count). The first-order valence-electron chi connectivity index (χ1n) is 18.8. The number of fused-ring (bicyclic) bond motifs is 1. The zero-order chi connectivity index (χ0) is 35.0. The van der Waals surface area contributed by atoms with E-state index >= 15 is 0 Å². The van der Waals surface area contributed by atoms with Crippen LogP contribution in [0.4, 0.5) is 10.5 Å². The van der Waals surface area contributed by atoms with Crippen LogP contribution in [0.5, 0.6) is 0 Å². The molecule has 0 bridgehead atoms. The number of amides is 3. The van der Waals surface area contributed by atoms with Crippen molar-refractivity contribution in [2.75, 3.05) is 71.3 Å². The van der Waals surface area contributed by atoms with Gasteiger partial charge in [-0.3, -0.25) is 15.0 Å². The van der Waals surface area contributed by atoms with Crippen LogP contribution >= 0.6 is 0 Å². The first kappa shape index (κ1) is 35.7. The summed E-state index contributed by atoms with van der Waals surface area (Å²) in [4.78, 5) is 43.7. The molecular formula is C39H55N9O2. The Bertz CT molecular complexity index is 1550. The fourth-order valence-corrected chi connectivity index (χ4v) is 8.26. The summed E-state index contributed by atoms with van der Waals surface area (Å²) < 4.78 is 0. The van der Waals surface area contributed by atoms with E-state index in [0.29, 0.717) is 38.1 Å². The van der Waals surface area contributed by atoms with Crippen LogP contribution in [0.15, 0.2) is 47.5 Å². The summed E-state index contributed by atoms with van der Waals surface area (Å²) in [6.45, 7) is 12.1. The quantitative estimate of drug-likeness (QED) is 0.188. The number of nitrogens with one attached hydrogen (secondary N) is 2. The molecule has 3 amide bonds. The minimum Gasteiger partial charge on any atom is -0.342 e. The first-order chi connectivity index (χ1) is 24.4. The normalized spacial score (nSPS) is 20.9. The number of para-hydroxylation sites is 1. The van der Waals surface area contributed by atoms with E-state index in [4.69, 9.17) is 4.99 Å². The molecule has 268 valence electrons. The van der Waals surface area contributed by atoms with Gasteiger partial charge < -0.3 is 24.9 Å². The van der Waals surface area contributed by atoms with Gasteiger partial charge in [0.2, 0.25) is 11.9 Å². The Morgan fingerprint density at radius 1 is 0.900 bits per heavy atom. The molecule has 2 aromatic rings. The van der Waals surface area contributed by atoms with Crippen molar-refractivity contribution in [3.8, 4) is 6.19 Å². The SMILES string of the molecule is CCc1ccc(C[C@@H](N=C(NC#N)N2CCC(N3CCc4ccccc4NC3=O)CC2)C(=O)N2CCC(N3CCN(C)CC3)CC2)cc1CC. The van der Waals surface area contributed by atoms with E-state index < -0.39 is 6.04 Å². The van der Waals surface area contributed by atoms with Gasteiger partial charge in [0.25, 0.3) is 0 Å². The molecular weight excluding hydrogens is 626 g/mol. The Kier molecular flexibility index (Phi) is 11.9. The predicted molar refractivity (Wildman–Crippen MR) is 198 cm³/mol. The number of anilines is 1. The van der Waals surface area contributed by atoms with Gasteiger partial charge in [-0.2, -0.15) is 5.26 Å². The van der Waals surface area contributed by atoms with Crippen molar-refractivity contribution in [2.24, 2.45) is 4.99 Å². The largest absolute Gasteiger partial charge is 0.342 e. The number of piperazine rings is 1. The van der Waals surface area contributed by atoms with Gasteiger partial charge >= 0.3 is 6.03 Å². The molecule has 2 N–H and O–H groups in total. The number of likely N-dealkylation sites (N-methyl/N-ethyl adjacent to an activating group) is 1. The van der Waals surface area contributed by atoms with Gasteiger partial charge in [-0.15, -0.1) is 0 Å². The fraction of sp³-hybridized carbons (Fsp3) is 0.590. The van der Waals surface area contributed by atoms with E-state index in [9.17, 15) is 14.9 Å². The average molecular weight is 682 g/mol. The molecule has 11 nitrogen and oxygen atoms in total. The van der Waals surface area contributed by atoms with Gasteiger partial charge in [0.1, 0.15) is 6.04 Å². The number of hydrogen-bond acceptors (Lipinski definition) is 6. The smallest absolute Gasteiger partial charge is 0.322 e. The maximum atomic E-state index is 14.4. The third-order valence-corrected chi connectivity index (χ3v) is 11.4. The summed E-state index contributed by atoms with van der Waals surface area (Å²) in [5, 5.41) is 15.8. The van der Waals surface area contributed by atoms with Crippen LogP contribution in [-0.2, 0) is 30.5 Å². The third-order valence-electron chi connectivity index (χ3n) is 11.4. The van der Waals surface area contributed by atoms with E-state index in [2.05, 4.69) is 76.7 Å². The van der Waals surface area contributed by atoms with Crippen molar-refractivity contribution in [3.63, 3.8) is 0 Å². The van der Waals surface area contributed by atoms with Gasteiger partial charge in [-0.1, -0.05) is 50.2 Å². The van der Waals surface area contributed by atoms with Gasteiger partial charge in [0.15, 0.2) is 6.19 Å². The molecule has 0 aliphatic carbocycles. The Morgan fingerprint density at radius 2 is 1.58 bits per heavy atom. The van der Waals surface area contributed by atoms with Crippen LogP contribution in [0.3, 0.4) is 0 Å². The highest BCUT2D eigenvalue weighted by Crippen LogP contribution is 2.26. The number of rotatable bonds is 8. The molecule has 0 aromatic heterocycles. The topological polar surface area (TPSA) is 111 Å². The van der Waals surface area contributed by atoms with E-state index in [1.807, 2.05) is 28.0 Å². The lowest BCUT2D eigenvalue weighted by Gasteiger charge is -2.42. The number of likely N-dealkylation sites (tertiary alicyclic amines) is 2. The Hall–Kier alpha value is -4.14. The number of urea groups is 1. The lowest BCUT2D eigenvalue weighted by atomic mass is 9.96. The van der Waals surface area contributed by atoms with Crippen molar-refractivity contribution >= 4 is 23.6 Å². The molecule has 0 radical (unpaired) electrons. The number of nitrogens with zero attached hydrogens (tertiary/aromatic N) is 7. The number of benzene rings is 2. The molecule has 50 heavy (non-hydrogen) atoms. The highest BCUT2D eigenvalue weighted by molar-refractivity contribution is 5.91. The predicted octanol–water partition coefficient (Wildman–Crippen LogP) is 3.94. The van der Waals surface area contributed by atoms with Gasteiger partial charge in [-0.25, -0.2) is 9.79 Å². The van der Waals surface area contributed by atoms with Crippen LogP contribution in [0.25, 0.3) is 0 Å². The summed E-state index contributed by atoms with van der Waals surface area (Å²) in [5.41, 5.74) is 5.79. The van der Waals surface area contributed by atoms with Crippen LogP contribution in [0, 0.1) is 11.5 Å². The zero-order valence-corrected chi connectivity index (χ0v) is 30.2. The number of aryl methyl sites for hydroxylation is 2. The molecule has 3 fully saturated rings. The Morgan fingerprint density at radius 3 is 2.28 bits per heavy atom. The van der Waals surface area contributed by atoms with Gasteiger partial charge in [0, 0.05) is 83.1 Å². The van der Waals surface area contributed by atoms with Crippen LogP contribution in [0.1, 0.15) is 61.8 Å². The summed E-state index contributed by atoms with van der Waals surface area (Å²) in [6.07, 6.45) is 8.78. The standard InChI is InChI=1S/C39H55N9O2/c1-4-30-11-10-29(26-31(30)5-2)27-36(37(49)46-17-13-33(14-18-46)45-24-22-44(3)23-25-45)42-38(41-28-40)47-19-15-34(16-20-47)48-21-12-32-8-6-7-9-35(32)43-39(48)50/h6-11,26,33-34,36H,4-5,12-25,27H2,1-3H3,(H,41,42)(H,43,50)/t36-/m1/s1. The number of carbonyl (C=O) groups excluding carboxylic acids is 2. The molecule has 3 saturated heterocycles. The number of guanidine groups is 1. The lowest BCUT2D eigenvalue weighted by molar-refractivity contribution is -0.134. The van der Waals surface area contributed by atoms with Crippen molar-refractivity contribution in [2.45, 2.75) is 83.3 Å². The van der Waals surface area contributed by atoms with E-state index in [-0.39, 0.29) is 18.0 Å². The molecule has 1 atom stereocenters. The minimum atomic E-state index is -0.643. The second-order valence-electron chi connectivity index (χ2n) is 14.4. The molecule has 0 saturated carbocycles. The number of hydrogen-bond donors (Lipinski definition) is 2. The molecule has 4 aliphatic rings. The van der Waals surface area contributed by atoms with E-state index in [1.54, 1.807) is 0 Å². The number of piperidine rings is 2. The van der Waals surface area contributed by atoms with E-state index in [1.165, 1.54) is 11.1 Å². The summed E-state index contributed by atoms with van der Waals surface area (Å²) in [6, 6.07) is 14.5. The number of aliphatic imine (C=N–C) groups is 1. The van der Waals surface area contributed by atoms with Crippen molar-refractivity contribution < 1.29 is 9.59 Å². The maximum absolute atomic E-state index is 14.4. The lowest BCUT2D eigenvalue weighted by Crippen LogP contribution is -2.54. The fourth-order valence-electron chi connectivity index (χ4n) is 8.26. The number of nitriles is 1. The second kappa shape index (κ2) is 16.7. The molecule has 0 spiro atoms. The zero-order valence-electron chi connectivity index (χ0n) is 30.2.